The van der Waals surface area contributed by atoms with Crippen LogP contribution in [0.3, 0.4) is 0 Å². The number of likely N-dealkylation sites (tertiary alicyclic amines) is 1. The fourth-order valence-corrected chi connectivity index (χ4v) is 20.2. The summed E-state index contributed by atoms with van der Waals surface area (Å²) in [6, 6.07) is 10.6. The van der Waals surface area contributed by atoms with Gasteiger partial charge in [-0.15, -0.1) is 0 Å². The van der Waals surface area contributed by atoms with Crippen LogP contribution in [-0.4, -0.2) is 71.1 Å². The first-order valence-electron chi connectivity index (χ1n) is 29.0. The zero-order valence-electron chi connectivity index (χ0n) is 44.4. The predicted molar refractivity (Wildman–Crippen MR) is 273 cm³/mol. The summed E-state index contributed by atoms with van der Waals surface area (Å²) in [6.07, 6.45) is 20.4. The standard InChI is InChI=1S/C35H47NO4.C27H41NO2/c1-21-16-31-32(36(19-21)33(38)39-20-24-8-6-5-7-9-24)23(3)35(40-31)15-13-27-28-11-10-25-17-26(37)12-14-34(25,4)30(28)18-29(27)22(35)2;1-15-11-24-25(28-14-15)17(3)27(30-24)10-8-20-21-6-5-18-12-19(29)7-9-26(18,4)23(21)13-22(20)16(27)2/h5-9,21,23,25,27-28,30-32H,10-20H2,1-4H3;15,17-18,20-21,23-25,28H,5-14H2,1-4H3/t21-,23+,25+,27-,28-,30-,31+,32-,34-,35-;15-,17+,18+,20-,21-,23-,24+,25-,26-,27-/m00/s1. The van der Waals surface area contributed by atoms with Gasteiger partial charge in [-0.05, 0) is 197 Å². The number of carbonyl (C=O) groups is 3. The lowest BCUT2D eigenvalue weighted by Gasteiger charge is -2.52. The van der Waals surface area contributed by atoms with E-state index in [0.29, 0.717) is 76.7 Å². The first kappa shape index (κ1) is 48.1. The molecule has 70 heavy (non-hydrogen) atoms. The van der Waals surface area contributed by atoms with E-state index in [2.05, 4.69) is 60.7 Å². The highest BCUT2D eigenvalue weighted by atomic mass is 16.6. The molecule has 0 unspecified atom stereocenters. The molecule has 8 aliphatic carbocycles. The molecule has 1 aromatic carbocycles. The molecule has 8 nitrogen and oxygen atoms in total. The normalized spacial score (nSPS) is 48.9. The predicted octanol–water partition coefficient (Wildman–Crippen LogP) is 12.6. The number of fused-ring (bicyclic) bond motifs is 12. The van der Waals surface area contributed by atoms with Gasteiger partial charge in [0.05, 0.1) is 29.5 Å². The smallest absolute Gasteiger partial charge is 0.410 e. The van der Waals surface area contributed by atoms with E-state index in [1.165, 1.54) is 69.8 Å². The molecule has 0 bridgehead atoms. The van der Waals surface area contributed by atoms with E-state index in [-0.39, 0.29) is 35.4 Å². The molecule has 12 aliphatic rings. The van der Waals surface area contributed by atoms with Gasteiger partial charge in [-0.1, -0.05) is 83.0 Å². The lowest BCUT2D eigenvalue weighted by molar-refractivity contribution is -0.130. The fourth-order valence-electron chi connectivity index (χ4n) is 20.2. The van der Waals surface area contributed by atoms with Gasteiger partial charge in [-0.25, -0.2) is 4.79 Å². The SMILES string of the molecule is CC1=C2C[C@H]3[C@@H](CC[C@@H]4CC(=O)CC[C@@]43C)[C@@H]2CC[C@]12O[C@@H]1C[C@H](C)CN(C(=O)OCc3ccccc3)[C@H]1[C@H]2C.CC1=C2C[C@H]3[C@@H](CC[C@@H]4CC(=O)CC[C@@]43C)[C@@H]2CC[C@]12O[C@@H]1C[C@H](C)CN[C@H]1[C@H]2C. The minimum atomic E-state index is -0.278. The molecule has 4 heterocycles. The van der Waals surface area contributed by atoms with E-state index < -0.39 is 0 Å². The number of nitrogens with one attached hydrogen (secondary N) is 1. The fraction of sp³-hybridized carbons (Fsp3) is 0.790. The number of carbonyl (C=O) groups excluding carboxylic acids is 3. The van der Waals surface area contributed by atoms with Gasteiger partial charge in [-0.3, -0.25) is 9.59 Å². The number of benzene rings is 1. The molecule has 4 aliphatic heterocycles. The van der Waals surface area contributed by atoms with Crippen molar-refractivity contribution in [3.05, 3.63) is 58.2 Å². The van der Waals surface area contributed by atoms with Gasteiger partial charge in [0.15, 0.2) is 0 Å². The van der Waals surface area contributed by atoms with E-state index in [4.69, 9.17) is 14.2 Å². The zero-order valence-corrected chi connectivity index (χ0v) is 44.4. The molecule has 20 atom stereocenters. The number of Topliss-reactive ketones (excluding diaryl/α,β-unsaturated/α-hetero) is 2. The molecule has 6 saturated carbocycles. The monoisotopic (exact) mass is 957 g/mol. The van der Waals surface area contributed by atoms with Gasteiger partial charge in [0.25, 0.3) is 0 Å². The Kier molecular flexibility index (Phi) is 12.2. The Morgan fingerprint density at radius 2 is 1.23 bits per heavy atom. The summed E-state index contributed by atoms with van der Waals surface area (Å²) in [4.78, 5) is 40.0. The first-order valence-corrected chi connectivity index (χ1v) is 29.0. The number of piperidine rings is 2. The van der Waals surface area contributed by atoms with Crippen molar-refractivity contribution in [3.63, 3.8) is 0 Å². The number of amides is 1. The van der Waals surface area contributed by atoms with E-state index in [9.17, 15) is 14.4 Å². The van der Waals surface area contributed by atoms with E-state index >= 15 is 0 Å². The molecule has 13 rings (SSSR count). The van der Waals surface area contributed by atoms with Crippen LogP contribution < -0.4 is 5.32 Å². The molecular formula is C62H88N2O6. The van der Waals surface area contributed by atoms with E-state index in [0.717, 1.165) is 99.6 Å². The van der Waals surface area contributed by atoms with Crippen molar-refractivity contribution >= 4 is 17.7 Å². The Morgan fingerprint density at radius 3 is 1.81 bits per heavy atom. The summed E-state index contributed by atoms with van der Waals surface area (Å²) in [7, 11) is 0. The van der Waals surface area contributed by atoms with Gasteiger partial charge >= 0.3 is 6.09 Å². The third-order valence-corrected chi connectivity index (χ3v) is 24.1. The summed E-state index contributed by atoms with van der Waals surface area (Å²) in [5.74, 6) is 8.74. The van der Waals surface area contributed by atoms with Crippen molar-refractivity contribution in [1.29, 1.82) is 0 Å². The first-order chi connectivity index (χ1) is 33.5. The maximum absolute atomic E-state index is 13.5. The molecule has 0 aromatic heterocycles. The van der Waals surface area contributed by atoms with Crippen molar-refractivity contribution in [1.82, 2.24) is 10.2 Å². The van der Waals surface area contributed by atoms with E-state index in [1.807, 2.05) is 35.2 Å². The summed E-state index contributed by atoms with van der Waals surface area (Å²) >= 11 is 0. The molecule has 10 fully saturated rings. The van der Waals surface area contributed by atoms with Crippen LogP contribution >= 0.6 is 0 Å². The third-order valence-electron chi connectivity index (χ3n) is 24.1. The van der Waals surface area contributed by atoms with Crippen molar-refractivity contribution in [2.45, 2.75) is 213 Å². The van der Waals surface area contributed by atoms with Crippen LogP contribution in [-0.2, 0) is 30.4 Å². The molecular weight excluding hydrogens is 869 g/mol. The van der Waals surface area contributed by atoms with Crippen LogP contribution in [0, 0.1) is 81.8 Å². The van der Waals surface area contributed by atoms with Crippen LogP contribution in [0.5, 0.6) is 0 Å². The zero-order chi connectivity index (χ0) is 48.6. The van der Waals surface area contributed by atoms with Crippen molar-refractivity contribution in [3.8, 4) is 0 Å². The number of ketones is 2. The number of rotatable bonds is 2. The van der Waals surface area contributed by atoms with Gasteiger partial charge in [-0.2, -0.15) is 0 Å². The highest BCUT2D eigenvalue weighted by Crippen LogP contribution is 2.68. The Bertz CT molecular complexity index is 2310. The molecule has 382 valence electrons. The molecule has 1 amide bonds. The van der Waals surface area contributed by atoms with Crippen molar-refractivity contribution < 1.29 is 28.6 Å². The van der Waals surface area contributed by atoms with Crippen LogP contribution in [0.4, 0.5) is 4.79 Å². The second-order valence-electron chi connectivity index (χ2n) is 27.1. The topological polar surface area (TPSA) is 94.2 Å². The number of ether oxygens (including phenoxy) is 3. The quantitative estimate of drug-likeness (QED) is 0.295. The Hall–Kier alpha value is -2.81. The minimum absolute atomic E-state index is 0.0193. The Labute approximate surface area is 421 Å². The average Bonchev–Trinajstić information content (AvgIpc) is 4.08. The Morgan fingerprint density at radius 1 is 0.686 bits per heavy atom. The molecule has 4 saturated heterocycles. The lowest BCUT2D eigenvalue weighted by atomic mass is 9.52. The second kappa shape index (κ2) is 17.7. The number of nitrogens with zero attached hydrogens (tertiary/aromatic N) is 1. The van der Waals surface area contributed by atoms with Gasteiger partial charge < -0.3 is 24.4 Å². The molecule has 1 aromatic rings. The summed E-state index contributed by atoms with van der Waals surface area (Å²) in [5, 5.41) is 3.85. The van der Waals surface area contributed by atoms with Crippen LogP contribution in [0.25, 0.3) is 0 Å². The molecule has 8 heteroatoms. The van der Waals surface area contributed by atoms with Gasteiger partial charge in [0, 0.05) is 50.1 Å². The Balaban J connectivity index is 0.000000150. The summed E-state index contributed by atoms with van der Waals surface area (Å²) < 4.78 is 20.1. The number of allylic oxidation sites excluding steroid dienone is 2. The molecule has 0 radical (unpaired) electrons. The molecule has 1 N–H and O–H groups in total. The van der Waals surface area contributed by atoms with Crippen molar-refractivity contribution in [2.75, 3.05) is 13.1 Å². The minimum Gasteiger partial charge on any atom is -0.445 e. The largest absolute Gasteiger partial charge is 0.445 e. The van der Waals surface area contributed by atoms with Gasteiger partial charge in [0.2, 0.25) is 0 Å². The highest BCUT2D eigenvalue weighted by Gasteiger charge is 2.65. The van der Waals surface area contributed by atoms with Crippen molar-refractivity contribution in [2.24, 2.45) is 81.8 Å². The average molecular weight is 957 g/mol. The van der Waals surface area contributed by atoms with Crippen LogP contribution in [0.15, 0.2) is 52.6 Å². The number of hydrogen-bond donors (Lipinski definition) is 1. The third kappa shape index (κ3) is 7.35. The molecule has 2 spiro atoms. The maximum atomic E-state index is 13.5. The lowest BCUT2D eigenvalue weighted by Crippen LogP contribution is -2.54. The second-order valence-corrected chi connectivity index (χ2v) is 27.1. The maximum Gasteiger partial charge on any atom is 0.410 e. The number of hydrogen-bond acceptors (Lipinski definition) is 7. The van der Waals surface area contributed by atoms with Crippen LogP contribution in [0.1, 0.15) is 177 Å². The van der Waals surface area contributed by atoms with Crippen LogP contribution in [0.2, 0.25) is 0 Å². The van der Waals surface area contributed by atoms with Gasteiger partial charge in [0.1, 0.15) is 18.2 Å². The van der Waals surface area contributed by atoms with E-state index in [1.54, 1.807) is 16.7 Å². The highest BCUT2D eigenvalue weighted by molar-refractivity contribution is 5.80. The summed E-state index contributed by atoms with van der Waals surface area (Å²) in [6.45, 7) is 21.5. The summed E-state index contributed by atoms with van der Waals surface area (Å²) in [5.41, 5.74) is 7.98.